The van der Waals surface area contributed by atoms with Gasteiger partial charge in [0.05, 0.1) is 5.57 Å². The Kier molecular flexibility index (Phi) is 8.84. The maximum absolute atomic E-state index is 10.4. The van der Waals surface area contributed by atoms with Gasteiger partial charge in [0, 0.05) is 0 Å². The zero-order chi connectivity index (χ0) is 11.5. The second-order valence-electron chi connectivity index (χ2n) is 3.79. The lowest BCUT2D eigenvalue weighted by molar-refractivity contribution is -0.132. The SMILES string of the molecule is C=C(/C=C/CCCCCCCC)C(=O)O. The molecular weight excluding hydrogens is 188 g/mol. The standard InChI is InChI=1S/C13H22O2/c1-3-4-5-6-7-8-9-10-11-12(2)13(14)15/h10-11H,2-9H2,1H3,(H,14,15)/b11-10+. The van der Waals surface area contributed by atoms with Gasteiger partial charge in [-0.2, -0.15) is 0 Å². The van der Waals surface area contributed by atoms with E-state index in [-0.39, 0.29) is 5.57 Å². The van der Waals surface area contributed by atoms with Crippen molar-refractivity contribution < 1.29 is 9.90 Å². The molecule has 0 unspecified atom stereocenters. The van der Waals surface area contributed by atoms with E-state index in [9.17, 15) is 4.79 Å². The van der Waals surface area contributed by atoms with Crippen LogP contribution in [0, 0.1) is 0 Å². The molecule has 0 bridgehead atoms. The molecule has 0 fully saturated rings. The van der Waals surface area contributed by atoms with Gasteiger partial charge in [0.2, 0.25) is 0 Å². The fourth-order valence-electron chi connectivity index (χ4n) is 1.34. The molecule has 0 spiro atoms. The Bertz CT molecular complexity index is 217. The van der Waals surface area contributed by atoms with Gasteiger partial charge in [-0.15, -0.1) is 0 Å². The van der Waals surface area contributed by atoms with Gasteiger partial charge in [0.15, 0.2) is 0 Å². The lowest BCUT2D eigenvalue weighted by atomic mass is 10.1. The van der Waals surface area contributed by atoms with Crippen molar-refractivity contribution in [2.45, 2.75) is 51.9 Å². The van der Waals surface area contributed by atoms with Crippen LogP contribution in [0.3, 0.4) is 0 Å². The first kappa shape index (κ1) is 13.9. The molecule has 0 aromatic carbocycles. The number of carboxylic acid groups (broad SMARTS) is 1. The quantitative estimate of drug-likeness (QED) is 0.355. The highest BCUT2D eigenvalue weighted by Gasteiger charge is 1.96. The van der Waals surface area contributed by atoms with Crippen LogP contribution in [0.5, 0.6) is 0 Å². The van der Waals surface area contributed by atoms with Crippen LogP contribution >= 0.6 is 0 Å². The van der Waals surface area contributed by atoms with Crippen LogP contribution in [0.4, 0.5) is 0 Å². The lowest BCUT2D eigenvalue weighted by Gasteiger charge is -1.97. The molecule has 0 heterocycles. The number of hydrogen-bond donors (Lipinski definition) is 1. The molecule has 0 aliphatic carbocycles. The van der Waals surface area contributed by atoms with Crippen molar-refractivity contribution in [2.75, 3.05) is 0 Å². The Morgan fingerprint density at radius 3 is 2.40 bits per heavy atom. The average molecular weight is 210 g/mol. The van der Waals surface area contributed by atoms with E-state index in [1.54, 1.807) is 6.08 Å². The molecule has 0 aliphatic rings. The second-order valence-corrected chi connectivity index (χ2v) is 3.79. The Morgan fingerprint density at radius 2 is 1.80 bits per heavy atom. The van der Waals surface area contributed by atoms with Gasteiger partial charge in [0.25, 0.3) is 0 Å². The van der Waals surface area contributed by atoms with Crippen LogP contribution in [-0.4, -0.2) is 11.1 Å². The fourth-order valence-corrected chi connectivity index (χ4v) is 1.34. The third kappa shape index (κ3) is 9.26. The largest absolute Gasteiger partial charge is 0.478 e. The summed E-state index contributed by atoms with van der Waals surface area (Å²) in [5, 5.41) is 8.53. The molecule has 0 aromatic rings. The summed E-state index contributed by atoms with van der Waals surface area (Å²) < 4.78 is 0. The summed E-state index contributed by atoms with van der Waals surface area (Å²) in [5.74, 6) is -0.936. The monoisotopic (exact) mass is 210 g/mol. The van der Waals surface area contributed by atoms with Crippen molar-refractivity contribution in [3.63, 3.8) is 0 Å². The summed E-state index contributed by atoms with van der Waals surface area (Å²) in [6.07, 6.45) is 12.0. The number of hydrogen-bond acceptors (Lipinski definition) is 1. The predicted molar refractivity (Wildman–Crippen MR) is 63.9 cm³/mol. The molecule has 2 heteroatoms. The summed E-state index contributed by atoms with van der Waals surface area (Å²) in [6, 6.07) is 0. The highest BCUT2D eigenvalue weighted by Crippen LogP contribution is 2.07. The summed E-state index contributed by atoms with van der Waals surface area (Å²) in [7, 11) is 0. The zero-order valence-electron chi connectivity index (χ0n) is 9.67. The average Bonchev–Trinajstić information content (AvgIpc) is 2.21. The number of unbranched alkanes of at least 4 members (excludes halogenated alkanes) is 6. The van der Waals surface area contributed by atoms with Gasteiger partial charge in [-0.3, -0.25) is 0 Å². The van der Waals surface area contributed by atoms with Crippen LogP contribution < -0.4 is 0 Å². The molecule has 86 valence electrons. The first-order valence-electron chi connectivity index (χ1n) is 5.77. The van der Waals surface area contributed by atoms with E-state index >= 15 is 0 Å². The summed E-state index contributed by atoms with van der Waals surface area (Å²) in [4.78, 5) is 10.4. The lowest BCUT2D eigenvalue weighted by Crippen LogP contribution is -1.94. The van der Waals surface area contributed by atoms with E-state index < -0.39 is 5.97 Å². The van der Waals surface area contributed by atoms with Crippen LogP contribution in [0.1, 0.15) is 51.9 Å². The van der Waals surface area contributed by atoms with Crippen molar-refractivity contribution in [3.05, 3.63) is 24.3 Å². The van der Waals surface area contributed by atoms with E-state index in [0.29, 0.717) is 0 Å². The molecule has 0 amide bonds. The van der Waals surface area contributed by atoms with E-state index in [2.05, 4.69) is 13.5 Å². The minimum Gasteiger partial charge on any atom is -0.478 e. The van der Waals surface area contributed by atoms with Crippen LogP contribution in [0.15, 0.2) is 24.3 Å². The van der Waals surface area contributed by atoms with Crippen molar-refractivity contribution in [1.29, 1.82) is 0 Å². The fraction of sp³-hybridized carbons (Fsp3) is 0.615. The molecule has 1 N–H and O–H groups in total. The Balaban J connectivity index is 3.31. The minimum absolute atomic E-state index is 0.168. The molecule has 0 saturated heterocycles. The topological polar surface area (TPSA) is 37.3 Å². The molecule has 0 saturated carbocycles. The van der Waals surface area contributed by atoms with Crippen LogP contribution in [0.2, 0.25) is 0 Å². The van der Waals surface area contributed by atoms with Crippen LogP contribution in [0.25, 0.3) is 0 Å². The minimum atomic E-state index is -0.936. The van der Waals surface area contributed by atoms with Crippen molar-refractivity contribution >= 4 is 5.97 Å². The highest BCUT2D eigenvalue weighted by molar-refractivity contribution is 5.88. The van der Waals surface area contributed by atoms with Gasteiger partial charge >= 0.3 is 5.97 Å². The molecule has 0 aliphatic heterocycles. The Morgan fingerprint density at radius 1 is 1.20 bits per heavy atom. The molecule has 0 rings (SSSR count). The third-order valence-corrected chi connectivity index (χ3v) is 2.32. The molecular formula is C13H22O2. The van der Waals surface area contributed by atoms with E-state index in [1.807, 2.05) is 6.08 Å². The number of carbonyl (C=O) groups is 1. The normalized spacial score (nSPS) is 10.7. The van der Waals surface area contributed by atoms with Gasteiger partial charge in [-0.1, -0.05) is 57.8 Å². The number of aliphatic carboxylic acids is 1. The van der Waals surface area contributed by atoms with Gasteiger partial charge in [0.1, 0.15) is 0 Å². The third-order valence-electron chi connectivity index (χ3n) is 2.32. The van der Waals surface area contributed by atoms with Crippen molar-refractivity contribution in [3.8, 4) is 0 Å². The number of allylic oxidation sites excluding steroid dienone is 1. The van der Waals surface area contributed by atoms with Crippen molar-refractivity contribution in [2.24, 2.45) is 0 Å². The molecule has 0 atom stereocenters. The van der Waals surface area contributed by atoms with E-state index in [4.69, 9.17) is 5.11 Å². The second kappa shape index (κ2) is 9.50. The Hall–Kier alpha value is -1.05. The zero-order valence-corrected chi connectivity index (χ0v) is 9.67. The van der Waals surface area contributed by atoms with Crippen LogP contribution in [-0.2, 0) is 4.79 Å². The van der Waals surface area contributed by atoms with E-state index in [1.165, 1.54) is 32.1 Å². The van der Waals surface area contributed by atoms with Crippen molar-refractivity contribution in [1.82, 2.24) is 0 Å². The molecule has 2 nitrogen and oxygen atoms in total. The molecule has 0 aromatic heterocycles. The number of carboxylic acids is 1. The Labute approximate surface area is 92.7 Å². The van der Waals surface area contributed by atoms with Gasteiger partial charge < -0.3 is 5.11 Å². The summed E-state index contributed by atoms with van der Waals surface area (Å²) >= 11 is 0. The smallest absolute Gasteiger partial charge is 0.335 e. The van der Waals surface area contributed by atoms with Gasteiger partial charge in [-0.05, 0) is 12.8 Å². The number of rotatable bonds is 9. The summed E-state index contributed by atoms with van der Waals surface area (Å²) in [5.41, 5.74) is 0.168. The van der Waals surface area contributed by atoms with Gasteiger partial charge in [-0.25, -0.2) is 4.79 Å². The molecule has 0 radical (unpaired) electrons. The first-order chi connectivity index (χ1) is 7.18. The predicted octanol–water partition coefficient (Wildman–Crippen LogP) is 3.93. The van der Waals surface area contributed by atoms with E-state index in [0.717, 1.165) is 12.8 Å². The molecule has 15 heavy (non-hydrogen) atoms. The maximum atomic E-state index is 10.4. The first-order valence-corrected chi connectivity index (χ1v) is 5.77. The highest BCUT2D eigenvalue weighted by atomic mass is 16.4. The summed E-state index contributed by atoms with van der Waals surface area (Å²) in [6.45, 7) is 5.63. The maximum Gasteiger partial charge on any atom is 0.335 e.